The Bertz CT molecular complexity index is 489. The number of carbonyl (C=O) groups is 1. The van der Waals surface area contributed by atoms with Crippen LogP contribution in [0.15, 0.2) is 11.6 Å². The second kappa shape index (κ2) is 3.77. The minimum atomic E-state index is -0.294. The molecule has 0 aromatic carbocycles. The summed E-state index contributed by atoms with van der Waals surface area (Å²) in [6.45, 7) is 1.87. The van der Waals surface area contributed by atoms with Crippen LogP contribution in [-0.4, -0.2) is 25.9 Å². The highest BCUT2D eigenvalue weighted by molar-refractivity contribution is 7.13. The maximum atomic E-state index is 11.6. The number of hydrogen-bond acceptors (Lipinski definition) is 5. The summed E-state index contributed by atoms with van der Waals surface area (Å²) in [7, 11) is 1.66. The maximum Gasteiger partial charge on any atom is 0.279 e. The van der Waals surface area contributed by atoms with Gasteiger partial charge in [-0.25, -0.2) is 4.98 Å². The highest BCUT2D eigenvalue weighted by Crippen LogP contribution is 2.14. The predicted octanol–water partition coefficient (Wildman–Crippen LogP) is 0.832. The molecule has 2 aromatic heterocycles. The summed E-state index contributed by atoms with van der Waals surface area (Å²) in [5.74, 6) is -0.294. The fourth-order valence-electron chi connectivity index (χ4n) is 1.02. The normalized spacial score (nSPS) is 10.3. The molecule has 0 atom stereocenters. The van der Waals surface area contributed by atoms with E-state index >= 15 is 0 Å². The minimum Gasteiger partial charge on any atom is -0.296 e. The molecule has 2 heterocycles. The Labute approximate surface area is 90.0 Å². The molecular formula is C8H9N5OS. The first-order valence-electron chi connectivity index (χ1n) is 4.25. The number of aryl methyl sites for hydroxylation is 2. The smallest absolute Gasteiger partial charge is 0.279 e. The fraction of sp³-hybridized carbons (Fsp3) is 0.250. The molecule has 0 aliphatic heterocycles. The van der Waals surface area contributed by atoms with E-state index in [1.807, 2.05) is 12.3 Å². The Balaban J connectivity index is 2.10. The summed E-state index contributed by atoms with van der Waals surface area (Å²) in [6, 6.07) is 0. The molecule has 0 radical (unpaired) electrons. The molecule has 1 amide bonds. The molecule has 0 aliphatic carbocycles. The molecule has 2 rings (SSSR count). The second-order valence-electron chi connectivity index (χ2n) is 2.97. The van der Waals surface area contributed by atoms with Gasteiger partial charge in [-0.2, -0.15) is 9.90 Å². The summed E-state index contributed by atoms with van der Waals surface area (Å²) in [5, 5.41) is 12.8. The lowest BCUT2D eigenvalue weighted by molar-refractivity contribution is 0.102. The van der Waals surface area contributed by atoms with Gasteiger partial charge in [0.05, 0.1) is 11.9 Å². The predicted molar refractivity (Wildman–Crippen MR) is 55.8 cm³/mol. The lowest BCUT2D eigenvalue weighted by atomic mass is 10.4. The van der Waals surface area contributed by atoms with Crippen molar-refractivity contribution in [3.8, 4) is 0 Å². The van der Waals surface area contributed by atoms with Crippen molar-refractivity contribution < 1.29 is 4.79 Å². The largest absolute Gasteiger partial charge is 0.296 e. The molecule has 0 aliphatic rings. The topological polar surface area (TPSA) is 72.7 Å². The van der Waals surface area contributed by atoms with Crippen molar-refractivity contribution >= 4 is 22.4 Å². The Kier molecular flexibility index (Phi) is 2.46. The van der Waals surface area contributed by atoms with Crippen molar-refractivity contribution in [1.82, 2.24) is 20.0 Å². The molecular weight excluding hydrogens is 214 g/mol. The van der Waals surface area contributed by atoms with Crippen molar-refractivity contribution in [2.24, 2.45) is 7.05 Å². The van der Waals surface area contributed by atoms with Crippen LogP contribution in [0, 0.1) is 6.92 Å². The van der Waals surface area contributed by atoms with E-state index in [1.54, 1.807) is 7.05 Å². The average molecular weight is 223 g/mol. The van der Waals surface area contributed by atoms with Crippen LogP contribution in [0.4, 0.5) is 5.13 Å². The van der Waals surface area contributed by atoms with Gasteiger partial charge in [-0.15, -0.1) is 16.4 Å². The van der Waals surface area contributed by atoms with Crippen molar-refractivity contribution in [3.63, 3.8) is 0 Å². The van der Waals surface area contributed by atoms with Gasteiger partial charge in [0, 0.05) is 12.4 Å². The van der Waals surface area contributed by atoms with Gasteiger partial charge in [0.15, 0.2) is 10.8 Å². The highest BCUT2D eigenvalue weighted by Gasteiger charge is 2.11. The van der Waals surface area contributed by atoms with E-state index in [2.05, 4.69) is 20.5 Å². The Hall–Kier alpha value is -1.76. The third-order valence-corrected chi connectivity index (χ3v) is 2.55. The van der Waals surface area contributed by atoms with Gasteiger partial charge in [-0.1, -0.05) is 0 Å². The van der Waals surface area contributed by atoms with Crippen LogP contribution in [0.25, 0.3) is 0 Å². The third kappa shape index (κ3) is 2.18. The number of carbonyl (C=O) groups excluding carboxylic acids is 1. The van der Waals surface area contributed by atoms with Crippen LogP contribution in [-0.2, 0) is 7.05 Å². The number of hydrogen-bond donors (Lipinski definition) is 1. The third-order valence-electron chi connectivity index (χ3n) is 1.67. The SMILES string of the molecule is Cc1csc(NC(=O)c2cnn(C)n2)n1. The fourth-order valence-corrected chi connectivity index (χ4v) is 1.71. The molecule has 0 saturated carbocycles. The first-order chi connectivity index (χ1) is 7.15. The monoisotopic (exact) mass is 223 g/mol. The number of amides is 1. The standard InChI is InChI=1S/C8H9N5OS/c1-5-4-15-8(10-5)11-7(14)6-3-9-13(2)12-6/h3-4H,1-2H3,(H,10,11,14). The van der Waals surface area contributed by atoms with Gasteiger partial charge in [0.25, 0.3) is 5.91 Å². The zero-order valence-corrected chi connectivity index (χ0v) is 9.08. The van der Waals surface area contributed by atoms with Crippen LogP contribution in [0.5, 0.6) is 0 Å². The van der Waals surface area contributed by atoms with Gasteiger partial charge in [0.1, 0.15) is 0 Å². The minimum absolute atomic E-state index is 0.283. The molecule has 15 heavy (non-hydrogen) atoms. The highest BCUT2D eigenvalue weighted by atomic mass is 32.1. The number of nitrogens with zero attached hydrogens (tertiary/aromatic N) is 4. The zero-order chi connectivity index (χ0) is 10.8. The molecule has 0 fully saturated rings. The number of nitrogens with one attached hydrogen (secondary N) is 1. The number of anilines is 1. The molecule has 7 heteroatoms. The van der Waals surface area contributed by atoms with Gasteiger partial charge < -0.3 is 0 Å². The lowest BCUT2D eigenvalue weighted by Gasteiger charge is -1.95. The van der Waals surface area contributed by atoms with E-state index in [9.17, 15) is 4.79 Å². The average Bonchev–Trinajstić information content (AvgIpc) is 2.75. The molecule has 0 unspecified atom stereocenters. The first-order valence-corrected chi connectivity index (χ1v) is 5.13. The van der Waals surface area contributed by atoms with E-state index in [0.717, 1.165) is 5.69 Å². The summed E-state index contributed by atoms with van der Waals surface area (Å²) in [6.07, 6.45) is 1.41. The van der Waals surface area contributed by atoms with Crippen LogP contribution in [0.1, 0.15) is 16.2 Å². The molecule has 6 nitrogen and oxygen atoms in total. The molecule has 0 spiro atoms. The maximum absolute atomic E-state index is 11.6. The second-order valence-corrected chi connectivity index (χ2v) is 3.83. The van der Waals surface area contributed by atoms with Crippen molar-refractivity contribution in [2.45, 2.75) is 6.92 Å². The van der Waals surface area contributed by atoms with Crippen molar-refractivity contribution in [1.29, 1.82) is 0 Å². The van der Waals surface area contributed by atoms with E-state index in [0.29, 0.717) is 5.13 Å². The Morgan fingerprint density at radius 2 is 2.40 bits per heavy atom. The Morgan fingerprint density at radius 1 is 1.60 bits per heavy atom. The molecule has 0 saturated heterocycles. The first kappa shape index (κ1) is 9.78. The van der Waals surface area contributed by atoms with Crippen LogP contribution < -0.4 is 5.32 Å². The van der Waals surface area contributed by atoms with Crippen LogP contribution in [0.2, 0.25) is 0 Å². The van der Waals surface area contributed by atoms with E-state index < -0.39 is 0 Å². The summed E-state index contributed by atoms with van der Waals surface area (Å²) in [4.78, 5) is 17.0. The van der Waals surface area contributed by atoms with Gasteiger partial charge in [0.2, 0.25) is 0 Å². The zero-order valence-electron chi connectivity index (χ0n) is 8.26. The van der Waals surface area contributed by atoms with E-state index in [4.69, 9.17) is 0 Å². The summed E-state index contributed by atoms with van der Waals surface area (Å²) in [5.41, 5.74) is 1.17. The number of thiazole rings is 1. The van der Waals surface area contributed by atoms with Gasteiger partial charge >= 0.3 is 0 Å². The van der Waals surface area contributed by atoms with Gasteiger partial charge in [-0.05, 0) is 6.92 Å². The van der Waals surface area contributed by atoms with Crippen molar-refractivity contribution in [3.05, 3.63) is 23.0 Å². The summed E-state index contributed by atoms with van der Waals surface area (Å²) < 4.78 is 0. The van der Waals surface area contributed by atoms with Crippen LogP contribution >= 0.6 is 11.3 Å². The number of aromatic nitrogens is 4. The van der Waals surface area contributed by atoms with E-state index in [1.165, 1.54) is 22.3 Å². The number of rotatable bonds is 2. The Morgan fingerprint density at radius 3 is 2.93 bits per heavy atom. The molecule has 0 bridgehead atoms. The van der Waals surface area contributed by atoms with Crippen LogP contribution in [0.3, 0.4) is 0 Å². The quantitative estimate of drug-likeness (QED) is 0.818. The molecule has 2 aromatic rings. The lowest BCUT2D eigenvalue weighted by Crippen LogP contribution is -2.12. The molecule has 1 N–H and O–H groups in total. The summed E-state index contributed by atoms with van der Waals surface area (Å²) >= 11 is 1.38. The van der Waals surface area contributed by atoms with Gasteiger partial charge in [-0.3, -0.25) is 10.1 Å². The molecule has 78 valence electrons. The van der Waals surface area contributed by atoms with E-state index in [-0.39, 0.29) is 11.6 Å². The van der Waals surface area contributed by atoms with Crippen molar-refractivity contribution in [2.75, 3.05) is 5.32 Å².